The lowest BCUT2D eigenvalue weighted by Crippen LogP contribution is -2.01. The summed E-state index contributed by atoms with van der Waals surface area (Å²) in [6, 6.07) is 12.4. The van der Waals surface area contributed by atoms with Crippen LogP contribution in [0.15, 0.2) is 47.3 Å². The molecule has 2 nitrogen and oxygen atoms in total. The molecule has 0 aliphatic carbocycles. The number of hydrogen-bond donors (Lipinski definition) is 0. The monoisotopic (exact) mass is 274 g/mol. The molecule has 0 saturated carbocycles. The average molecular weight is 275 g/mol. The molecular formula is C14H7ClO2S. The van der Waals surface area contributed by atoms with Crippen molar-refractivity contribution < 1.29 is 4.79 Å². The van der Waals surface area contributed by atoms with Gasteiger partial charge in [0.15, 0.2) is 5.43 Å². The summed E-state index contributed by atoms with van der Waals surface area (Å²) in [5.74, 6) is 0. The van der Waals surface area contributed by atoms with Crippen molar-refractivity contribution >= 4 is 48.4 Å². The molecule has 0 atom stereocenters. The molecule has 88 valence electrons. The van der Waals surface area contributed by atoms with Crippen LogP contribution < -0.4 is 5.43 Å². The highest BCUT2D eigenvalue weighted by atomic mass is 35.5. The molecule has 0 saturated heterocycles. The molecule has 1 heterocycles. The summed E-state index contributed by atoms with van der Waals surface area (Å²) in [4.78, 5) is 23.4. The number of hydrogen-bond acceptors (Lipinski definition) is 3. The van der Waals surface area contributed by atoms with E-state index < -0.39 is 5.24 Å². The van der Waals surface area contributed by atoms with Crippen molar-refractivity contribution in [2.24, 2.45) is 0 Å². The summed E-state index contributed by atoms with van der Waals surface area (Å²) >= 11 is 6.94. The third-order valence-electron chi connectivity index (χ3n) is 2.80. The summed E-state index contributed by atoms with van der Waals surface area (Å²) in [7, 11) is 0. The van der Waals surface area contributed by atoms with Crippen LogP contribution in [0.3, 0.4) is 0 Å². The Morgan fingerprint density at radius 1 is 1.00 bits per heavy atom. The maximum atomic E-state index is 12.3. The van der Waals surface area contributed by atoms with Crippen LogP contribution in [0, 0.1) is 0 Å². The first-order valence-electron chi connectivity index (χ1n) is 5.32. The second-order valence-corrected chi connectivity index (χ2v) is 5.34. The fraction of sp³-hybridized carbons (Fsp3) is 0. The minimum absolute atomic E-state index is 0.00655. The van der Waals surface area contributed by atoms with Gasteiger partial charge in [-0.3, -0.25) is 9.59 Å². The largest absolute Gasteiger partial charge is 0.289 e. The highest BCUT2D eigenvalue weighted by Crippen LogP contribution is 2.25. The Labute approximate surface area is 111 Å². The normalized spacial score (nSPS) is 10.9. The van der Waals surface area contributed by atoms with Crippen LogP contribution >= 0.6 is 22.9 Å². The van der Waals surface area contributed by atoms with E-state index in [0.717, 1.165) is 9.40 Å². The molecule has 0 amide bonds. The van der Waals surface area contributed by atoms with E-state index in [-0.39, 0.29) is 5.43 Å². The van der Waals surface area contributed by atoms with E-state index in [0.29, 0.717) is 16.3 Å². The zero-order chi connectivity index (χ0) is 12.7. The zero-order valence-electron chi connectivity index (χ0n) is 9.14. The van der Waals surface area contributed by atoms with Gasteiger partial charge in [0.2, 0.25) is 0 Å². The molecule has 0 fully saturated rings. The Bertz CT molecular complexity index is 836. The van der Waals surface area contributed by atoms with Gasteiger partial charge in [-0.2, -0.15) is 0 Å². The number of carbonyl (C=O) groups is 1. The van der Waals surface area contributed by atoms with Crippen LogP contribution in [0.4, 0.5) is 0 Å². The van der Waals surface area contributed by atoms with Crippen molar-refractivity contribution in [2.75, 3.05) is 0 Å². The SMILES string of the molecule is O=C(Cl)c1ccc2c(=O)c3ccccc3sc2c1. The van der Waals surface area contributed by atoms with Crippen molar-refractivity contribution in [1.29, 1.82) is 0 Å². The van der Waals surface area contributed by atoms with Gasteiger partial charge in [-0.25, -0.2) is 0 Å². The number of carbonyl (C=O) groups excluding carboxylic acids is 1. The number of fused-ring (bicyclic) bond motifs is 2. The highest BCUT2D eigenvalue weighted by molar-refractivity contribution is 7.24. The highest BCUT2D eigenvalue weighted by Gasteiger charge is 2.08. The first kappa shape index (κ1) is 11.4. The average Bonchev–Trinajstić information content (AvgIpc) is 2.38. The van der Waals surface area contributed by atoms with Crippen LogP contribution in [-0.2, 0) is 0 Å². The van der Waals surface area contributed by atoms with Crippen LogP contribution in [0.2, 0.25) is 0 Å². The summed E-state index contributed by atoms with van der Waals surface area (Å²) in [6.07, 6.45) is 0. The van der Waals surface area contributed by atoms with Crippen molar-refractivity contribution in [3.8, 4) is 0 Å². The molecule has 0 aliphatic heterocycles. The Hall–Kier alpha value is -1.71. The first-order valence-corrected chi connectivity index (χ1v) is 6.52. The van der Waals surface area contributed by atoms with E-state index >= 15 is 0 Å². The van der Waals surface area contributed by atoms with Crippen LogP contribution in [0.1, 0.15) is 10.4 Å². The van der Waals surface area contributed by atoms with E-state index in [2.05, 4.69) is 0 Å². The van der Waals surface area contributed by atoms with E-state index in [1.807, 2.05) is 24.3 Å². The van der Waals surface area contributed by atoms with Gasteiger partial charge in [0, 0.05) is 25.7 Å². The van der Waals surface area contributed by atoms with Gasteiger partial charge in [-0.1, -0.05) is 12.1 Å². The van der Waals surface area contributed by atoms with Gasteiger partial charge in [0.05, 0.1) is 0 Å². The minimum Gasteiger partial charge on any atom is -0.289 e. The van der Waals surface area contributed by atoms with Gasteiger partial charge in [-0.05, 0) is 41.9 Å². The molecule has 0 spiro atoms. The van der Waals surface area contributed by atoms with Crippen LogP contribution in [-0.4, -0.2) is 5.24 Å². The third-order valence-corrected chi connectivity index (χ3v) is 4.16. The molecule has 1 aromatic heterocycles. The minimum atomic E-state index is -0.510. The fourth-order valence-electron chi connectivity index (χ4n) is 1.92. The van der Waals surface area contributed by atoms with Crippen molar-refractivity contribution in [3.63, 3.8) is 0 Å². The summed E-state index contributed by atoms with van der Waals surface area (Å²) in [5, 5.41) is 0.824. The zero-order valence-corrected chi connectivity index (χ0v) is 10.7. The lowest BCUT2D eigenvalue weighted by atomic mass is 10.1. The first-order chi connectivity index (χ1) is 8.66. The molecule has 3 aromatic rings. The molecule has 3 rings (SSSR count). The Kier molecular flexibility index (Phi) is 2.65. The predicted molar refractivity (Wildman–Crippen MR) is 75.8 cm³/mol. The molecule has 4 heteroatoms. The molecule has 0 unspecified atom stereocenters. The molecule has 18 heavy (non-hydrogen) atoms. The number of rotatable bonds is 1. The van der Waals surface area contributed by atoms with Gasteiger partial charge in [0.1, 0.15) is 0 Å². The van der Waals surface area contributed by atoms with Gasteiger partial charge >= 0.3 is 0 Å². The fourth-order valence-corrected chi connectivity index (χ4v) is 3.15. The second-order valence-electron chi connectivity index (χ2n) is 3.91. The van der Waals surface area contributed by atoms with E-state index in [1.54, 1.807) is 18.2 Å². The quantitative estimate of drug-likeness (QED) is 0.500. The van der Waals surface area contributed by atoms with Crippen LogP contribution in [0.25, 0.3) is 20.2 Å². The number of benzene rings is 2. The summed E-state index contributed by atoms with van der Waals surface area (Å²) < 4.78 is 1.69. The topological polar surface area (TPSA) is 34.1 Å². The summed E-state index contributed by atoms with van der Waals surface area (Å²) in [6.45, 7) is 0. The summed E-state index contributed by atoms with van der Waals surface area (Å²) in [5.41, 5.74) is 0.406. The van der Waals surface area contributed by atoms with Crippen LogP contribution in [0.5, 0.6) is 0 Å². The standard InChI is InChI=1S/C14H7ClO2S/c15-14(17)8-5-6-10-12(7-8)18-11-4-2-1-3-9(11)13(10)16/h1-7H. The molecule has 0 radical (unpaired) electrons. The lowest BCUT2D eigenvalue weighted by Gasteiger charge is -2.01. The molecular weight excluding hydrogens is 268 g/mol. The van der Waals surface area contributed by atoms with Gasteiger partial charge < -0.3 is 0 Å². The van der Waals surface area contributed by atoms with Crippen molar-refractivity contribution in [1.82, 2.24) is 0 Å². The smallest absolute Gasteiger partial charge is 0.252 e. The Morgan fingerprint density at radius 3 is 2.50 bits per heavy atom. The maximum absolute atomic E-state index is 12.3. The van der Waals surface area contributed by atoms with E-state index in [4.69, 9.17) is 11.6 Å². The van der Waals surface area contributed by atoms with Crippen molar-refractivity contribution in [2.45, 2.75) is 0 Å². The Morgan fingerprint density at radius 2 is 1.72 bits per heavy atom. The van der Waals surface area contributed by atoms with Crippen molar-refractivity contribution in [3.05, 3.63) is 58.3 Å². The lowest BCUT2D eigenvalue weighted by molar-refractivity contribution is 0.108. The third kappa shape index (κ3) is 1.72. The van der Waals surface area contributed by atoms with Gasteiger partial charge in [-0.15, -0.1) is 11.3 Å². The molecule has 0 aliphatic rings. The van der Waals surface area contributed by atoms with Gasteiger partial charge in [0.25, 0.3) is 5.24 Å². The second kappa shape index (κ2) is 4.19. The molecule has 0 bridgehead atoms. The molecule has 2 aromatic carbocycles. The predicted octanol–water partition coefficient (Wildman–Crippen LogP) is 3.79. The number of halogens is 1. The molecule has 0 N–H and O–H groups in total. The Balaban J connectivity index is 2.48. The van der Waals surface area contributed by atoms with E-state index in [9.17, 15) is 9.59 Å². The van der Waals surface area contributed by atoms with E-state index in [1.165, 1.54) is 11.3 Å². The maximum Gasteiger partial charge on any atom is 0.252 e.